The van der Waals surface area contributed by atoms with Crippen molar-refractivity contribution in [1.82, 2.24) is 15.1 Å². The summed E-state index contributed by atoms with van der Waals surface area (Å²) >= 11 is 0. The Morgan fingerprint density at radius 3 is 2.24 bits per heavy atom. The van der Waals surface area contributed by atoms with E-state index in [0.717, 1.165) is 38.2 Å². The third-order valence-electron chi connectivity index (χ3n) is 4.91. The van der Waals surface area contributed by atoms with Gasteiger partial charge in [-0.3, -0.25) is 14.6 Å². The topological polar surface area (TPSA) is 55.8 Å². The summed E-state index contributed by atoms with van der Waals surface area (Å²) in [5, 5.41) is 13.6. The van der Waals surface area contributed by atoms with Gasteiger partial charge in [-0.05, 0) is 32.8 Å². The number of aliphatic hydroxyl groups is 1. The Morgan fingerprint density at radius 2 is 1.68 bits per heavy atom. The lowest BCUT2D eigenvalue weighted by Gasteiger charge is -2.35. The first-order chi connectivity index (χ1) is 11.9. The molecular formula is C20H33N3O2. The van der Waals surface area contributed by atoms with E-state index in [-0.39, 0.29) is 11.9 Å². The van der Waals surface area contributed by atoms with Crippen LogP contribution in [0.4, 0.5) is 0 Å². The molecule has 1 fully saturated rings. The largest absolute Gasteiger partial charge is 0.387 e. The zero-order valence-electron chi connectivity index (χ0n) is 16.1. The van der Waals surface area contributed by atoms with E-state index in [1.54, 1.807) is 0 Å². The molecule has 5 nitrogen and oxygen atoms in total. The van der Waals surface area contributed by atoms with E-state index in [1.807, 2.05) is 6.92 Å². The summed E-state index contributed by atoms with van der Waals surface area (Å²) in [6.45, 7) is 12.9. The Balaban J connectivity index is 1.77. The summed E-state index contributed by atoms with van der Waals surface area (Å²) < 4.78 is 0. The molecule has 0 aromatic heterocycles. The minimum Gasteiger partial charge on any atom is -0.387 e. The number of hydrogen-bond acceptors (Lipinski definition) is 4. The van der Waals surface area contributed by atoms with E-state index < -0.39 is 6.10 Å². The van der Waals surface area contributed by atoms with Crippen LogP contribution in [0, 0.1) is 13.8 Å². The summed E-state index contributed by atoms with van der Waals surface area (Å²) in [7, 11) is 0. The van der Waals surface area contributed by atoms with Crippen molar-refractivity contribution in [2.75, 3.05) is 39.3 Å². The van der Waals surface area contributed by atoms with Crippen LogP contribution in [-0.4, -0.2) is 66.1 Å². The second-order valence-electron chi connectivity index (χ2n) is 7.39. The maximum atomic E-state index is 12.0. The summed E-state index contributed by atoms with van der Waals surface area (Å²) in [4.78, 5) is 16.5. The number of benzene rings is 1. The van der Waals surface area contributed by atoms with Gasteiger partial charge in [0.05, 0.1) is 12.6 Å². The maximum absolute atomic E-state index is 12.0. The van der Waals surface area contributed by atoms with Crippen molar-refractivity contribution in [2.24, 2.45) is 0 Å². The molecule has 2 N–H and O–H groups in total. The zero-order valence-corrected chi connectivity index (χ0v) is 16.1. The van der Waals surface area contributed by atoms with Gasteiger partial charge in [0.2, 0.25) is 5.91 Å². The van der Waals surface area contributed by atoms with Crippen molar-refractivity contribution >= 4 is 5.91 Å². The highest BCUT2D eigenvalue weighted by molar-refractivity contribution is 5.78. The number of nitrogens with one attached hydrogen (secondary N) is 1. The fraction of sp³-hybridized carbons (Fsp3) is 0.650. The Hall–Kier alpha value is -1.43. The highest BCUT2D eigenvalue weighted by Crippen LogP contribution is 2.18. The normalized spacial score (nSPS) is 18.8. The van der Waals surface area contributed by atoms with Crippen LogP contribution in [0.15, 0.2) is 18.2 Å². The van der Waals surface area contributed by atoms with E-state index in [4.69, 9.17) is 0 Å². The number of rotatable bonds is 7. The molecule has 0 aliphatic carbocycles. The molecule has 0 spiro atoms. The molecule has 0 saturated carbocycles. The Bertz CT molecular complexity index is 548. The van der Waals surface area contributed by atoms with Crippen LogP contribution in [0.25, 0.3) is 0 Å². The number of nitrogens with zero attached hydrogens (tertiary/aromatic N) is 2. The van der Waals surface area contributed by atoms with Gasteiger partial charge in [0.1, 0.15) is 0 Å². The molecule has 2 atom stereocenters. The summed E-state index contributed by atoms with van der Waals surface area (Å²) in [5.41, 5.74) is 3.37. The predicted octanol–water partition coefficient (Wildman–Crippen LogP) is 1.87. The number of amides is 1. The van der Waals surface area contributed by atoms with Gasteiger partial charge in [0, 0.05) is 38.8 Å². The SMILES string of the molecule is CCC(C)NC(=O)CN1CCN(CC(O)c2cc(C)cc(C)c2)CC1. The molecule has 1 heterocycles. The lowest BCUT2D eigenvalue weighted by atomic mass is 10.0. The molecule has 1 amide bonds. The molecule has 0 radical (unpaired) electrons. The quantitative estimate of drug-likeness (QED) is 0.791. The fourth-order valence-corrected chi connectivity index (χ4v) is 3.31. The zero-order chi connectivity index (χ0) is 18.4. The molecule has 2 rings (SSSR count). The molecule has 0 bridgehead atoms. The Labute approximate surface area is 152 Å². The third kappa shape index (κ3) is 6.42. The van der Waals surface area contributed by atoms with E-state index in [1.165, 1.54) is 11.1 Å². The molecular weight excluding hydrogens is 314 g/mol. The number of carbonyl (C=O) groups is 1. The van der Waals surface area contributed by atoms with Crippen molar-refractivity contribution in [2.45, 2.75) is 46.3 Å². The molecule has 1 aliphatic rings. The van der Waals surface area contributed by atoms with Gasteiger partial charge < -0.3 is 10.4 Å². The molecule has 1 saturated heterocycles. The van der Waals surface area contributed by atoms with Gasteiger partial charge in [-0.2, -0.15) is 0 Å². The van der Waals surface area contributed by atoms with E-state index >= 15 is 0 Å². The Kier molecular flexibility index (Phi) is 7.41. The van der Waals surface area contributed by atoms with E-state index in [9.17, 15) is 9.90 Å². The first kappa shape index (κ1) is 19.9. The molecule has 1 aromatic carbocycles. The lowest BCUT2D eigenvalue weighted by Crippen LogP contribution is -2.50. The minimum absolute atomic E-state index is 0.109. The van der Waals surface area contributed by atoms with Crippen molar-refractivity contribution in [1.29, 1.82) is 0 Å². The van der Waals surface area contributed by atoms with Crippen LogP contribution in [0.1, 0.15) is 43.1 Å². The van der Waals surface area contributed by atoms with Crippen molar-refractivity contribution in [3.63, 3.8) is 0 Å². The second kappa shape index (κ2) is 9.32. The summed E-state index contributed by atoms with van der Waals surface area (Å²) in [5.74, 6) is 0.109. The van der Waals surface area contributed by atoms with Crippen LogP contribution in [-0.2, 0) is 4.79 Å². The molecule has 1 aromatic rings. The Morgan fingerprint density at radius 1 is 1.12 bits per heavy atom. The first-order valence-electron chi connectivity index (χ1n) is 9.37. The second-order valence-corrected chi connectivity index (χ2v) is 7.39. The van der Waals surface area contributed by atoms with E-state index in [0.29, 0.717) is 13.1 Å². The van der Waals surface area contributed by atoms with Crippen LogP contribution in [0.3, 0.4) is 0 Å². The predicted molar refractivity (Wildman–Crippen MR) is 102 cm³/mol. The van der Waals surface area contributed by atoms with Gasteiger partial charge in [-0.15, -0.1) is 0 Å². The molecule has 140 valence electrons. The highest BCUT2D eigenvalue weighted by Gasteiger charge is 2.21. The minimum atomic E-state index is -0.459. The third-order valence-corrected chi connectivity index (χ3v) is 4.91. The number of piperazine rings is 1. The molecule has 5 heteroatoms. The molecule has 25 heavy (non-hydrogen) atoms. The lowest BCUT2D eigenvalue weighted by molar-refractivity contribution is -0.123. The number of hydrogen-bond donors (Lipinski definition) is 2. The van der Waals surface area contributed by atoms with Crippen LogP contribution in [0.2, 0.25) is 0 Å². The van der Waals surface area contributed by atoms with Crippen LogP contribution in [0.5, 0.6) is 0 Å². The smallest absolute Gasteiger partial charge is 0.234 e. The monoisotopic (exact) mass is 347 g/mol. The van der Waals surface area contributed by atoms with Crippen LogP contribution < -0.4 is 5.32 Å². The van der Waals surface area contributed by atoms with Crippen LogP contribution >= 0.6 is 0 Å². The maximum Gasteiger partial charge on any atom is 0.234 e. The number of aliphatic hydroxyl groups excluding tert-OH is 1. The highest BCUT2D eigenvalue weighted by atomic mass is 16.3. The standard InChI is InChI=1S/C20H33N3O2/c1-5-17(4)21-20(25)14-23-8-6-22(7-9-23)13-19(24)18-11-15(2)10-16(3)12-18/h10-12,17,19,24H,5-9,13-14H2,1-4H3,(H,21,25). The van der Waals surface area contributed by atoms with Gasteiger partial charge in [0.15, 0.2) is 0 Å². The number of β-amino-alcohol motifs (C(OH)–C–C–N with tert-alkyl or cyclic N) is 1. The van der Waals surface area contributed by atoms with Gasteiger partial charge in [-0.1, -0.05) is 36.2 Å². The summed E-state index contributed by atoms with van der Waals surface area (Å²) in [6.07, 6.45) is 0.495. The molecule has 2 unspecified atom stereocenters. The van der Waals surface area contributed by atoms with Gasteiger partial charge in [0.25, 0.3) is 0 Å². The average Bonchev–Trinajstić information content (AvgIpc) is 2.55. The number of carbonyl (C=O) groups excluding carboxylic acids is 1. The van der Waals surface area contributed by atoms with Gasteiger partial charge in [-0.25, -0.2) is 0 Å². The fourth-order valence-electron chi connectivity index (χ4n) is 3.31. The molecule has 1 aliphatic heterocycles. The van der Waals surface area contributed by atoms with Crippen molar-refractivity contribution in [3.05, 3.63) is 34.9 Å². The summed E-state index contributed by atoms with van der Waals surface area (Å²) in [6, 6.07) is 6.49. The van der Waals surface area contributed by atoms with Crippen molar-refractivity contribution < 1.29 is 9.90 Å². The van der Waals surface area contributed by atoms with E-state index in [2.05, 4.69) is 54.1 Å². The number of aryl methyl sites for hydroxylation is 2. The average molecular weight is 348 g/mol. The first-order valence-corrected chi connectivity index (χ1v) is 9.37. The van der Waals surface area contributed by atoms with Crippen molar-refractivity contribution in [3.8, 4) is 0 Å². The van der Waals surface area contributed by atoms with Gasteiger partial charge >= 0.3 is 0 Å².